The predicted molar refractivity (Wildman–Crippen MR) is 78.8 cm³/mol. The topological polar surface area (TPSA) is 12.0 Å². The van der Waals surface area contributed by atoms with Crippen molar-refractivity contribution >= 4 is 21.6 Å². The predicted octanol–water partition coefficient (Wildman–Crippen LogP) is 4.39. The maximum absolute atomic E-state index is 14.3. The van der Waals surface area contributed by atoms with E-state index in [1.807, 2.05) is 18.2 Å². The lowest BCUT2D eigenvalue weighted by molar-refractivity contribution is 0.000136. The zero-order valence-corrected chi connectivity index (χ0v) is 11.9. The molecule has 1 aliphatic heterocycles. The molecule has 4 heteroatoms. The minimum atomic E-state index is -2.99. The number of benzene rings is 2. The third-order valence-corrected chi connectivity index (χ3v) is 3.63. The molecule has 0 amide bonds. The standard InChI is InChI=1S/C16H10BrF2N/c17-12-7-8-13-14(10-12)20-15(16(13,18)19)9-6-11-4-2-1-3-5-11/h1-5,7-8,10,15,20H. The summed E-state index contributed by atoms with van der Waals surface area (Å²) in [4.78, 5) is 0. The van der Waals surface area contributed by atoms with Crippen LogP contribution < -0.4 is 5.32 Å². The van der Waals surface area contributed by atoms with Gasteiger partial charge in [-0.25, -0.2) is 0 Å². The molecular formula is C16H10BrF2N. The van der Waals surface area contributed by atoms with Gasteiger partial charge in [-0.2, -0.15) is 8.78 Å². The highest BCUT2D eigenvalue weighted by molar-refractivity contribution is 9.10. The van der Waals surface area contributed by atoms with Gasteiger partial charge < -0.3 is 5.32 Å². The van der Waals surface area contributed by atoms with Gasteiger partial charge in [-0.1, -0.05) is 46.0 Å². The molecule has 0 radical (unpaired) electrons. The van der Waals surface area contributed by atoms with Gasteiger partial charge in [0.15, 0.2) is 6.04 Å². The molecule has 3 rings (SSSR count). The Kier molecular flexibility index (Phi) is 3.23. The third-order valence-electron chi connectivity index (χ3n) is 3.14. The fourth-order valence-corrected chi connectivity index (χ4v) is 2.49. The van der Waals surface area contributed by atoms with Crippen molar-refractivity contribution in [3.63, 3.8) is 0 Å². The molecule has 1 atom stereocenters. The van der Waals surface area contributed by atoms with Crippen LogP contribution in [0.15, 0.2) is 53.0 Å². The number of hydrogen-bond acceptors (Lipinski definition) is 1. The van der Waals surface area contributed by atoms with E-state index in [1.54, 1.807) is 24.3 Å². The van der Waals surface area contributed by atoms with Crippen molar-refractivity contribution < 1.29 is 8.78 Å². The SMILES string of the molecule is FC1(F)c2ccc(Br)cc2NC1C#Cc1ccccc1. The number of alkyl halides is 2. The van der Waals surface area contributed by atoms with Crippen LogP contribution in [0.1, 0.15) is 11.1 Å². The van der Waals surface area contributed by atoms with Crippen LogP contribution in [0.5, 0.6) is 0 Å². The Hall–Kier alpha value is -1.86. The molecule has 2 aromatic carbocycles. The normalized spacial score (nSPS) is 18.6. The summed E-state index contributed by atoms with van der Waals surface area (Å²) < 4.78 is 29.3. The molecule has 0 bridgehead atoms. The highest BCUT2D eigenvalue weighted by atomic mass is 79.9. The number of nitrogens with one attached hydrogen (secondary N) is 1. The molecule has 0 aliphatic carbocycles. The van der Waals surface area contributed by atoms with Crippen LogP contribution in [-0.2, 0) is 5.92 Å². The quantitative estimate of drug-likeness (QED) is 0.705. The van der Waals surface area contributed by atoms with Crippen LogP contribution in [0, 0.1) is 11.8 Å². The molecule has 0 fully saturated rings. The maximum Gasteiger partial charge on any atom is 0.306 e. The lowest BCUT2D eigenvalue weighted by atomic mass is 10.1. The van der Waals surface area contributed by atoms with Gasteiger partial charge in [0.2, 0.25) is 0 Å². The first kappa shape index (κ1) is 13.1. The fraction of sp³-hybridized carbons (Fsp3) is 0.125. The van der Waals surface area contributed by atoms with Crippen molar-refractivity contribution in [1.29, 1.82) is 0 Å². The summed E-state index contributed by atoms with van der Waals surface area (Å²) in [5.41, 5.74) is 1.15. The highest BCUT2D eigenvalue weighted by Crippen LogP contribution is 2.44. The molecule has 0 spiro atoms. The van der Waals surface area contributed by atoms with Gasteiger partial charge in [0.05, 0.1) is 0 Å². The lowest BCUT2D eigenvalue weighted by Crippen LogP contribution is -2.29. The van der Waals surface area contributed by atoms with Crippen molar-refractivity contribution in [2.24, 2.45) is 0 Å². The number of hydrogen-bond donors (Lipinski definition) is 1. The Balaban J connectivity index is 1.93. The minimum absolute atomic E-state index is 0.00642. The monoisotopic (exact) mass is 333 g/mol. The van der Waals surface area contributed by atoms with Crippen LogP contribution in [0.3, 0.4) is 0 Å². The summed E-state index contributed by atoms with van der Waals surface area (Å²) >= 11 is 3.28. The second-order valence-electron chi connectivity index (χ2n) is 4.53. The van der Waals surface area contributed by atoms with Crippen LogP contribution in [0.2, 0.25) is 0 Å². The van der Waals surface area contributed by atoms with E-state index in [0.717, 1.165) is 10.0 Å². The van der Waals surface area contributed by atoms with E-state index in [0.29, 0.717) is 5.69 Å². The van der Waals surface area contributed by atoms with Crippen LogP contribution in [0.25, 0.3) is 0 Å². The van der Waals surface area contributed by atoms with Gasteiger partial charge in [0.25, 0.3) is 0 Å². The molecule has 0 saturated carbocycles. The number of halogens is 3. The first-order chi connectivity index (χ1) is 9.57. The smallest absolute Gasteiger partial charge is 0.306 e. The van der Waals surface area contributed by atoms with Gasteiger partial charge in [-0.15, -0.1) is 0 Å². The summed E-state index contributed by atoms with van der Waals surface area (Å²) in [6.45, 7) is 0. The van der Waals surface area contributed by atoms with Crippen LogP contribution in [-0.4, -0.2) is 6.04 Å². The van der Waals surface area contributed by atoms with E-state index < -0.39 is 12.0 Å². The van der Waals surface area contributed by atoms with Gasteiger partial charge in [-0.05, 0) is 30.3 Å². The second kappa shape index (κ2) is 4.92. The Morgan fingerprint density at radius 2 is 1.85 bits per heavy atom. The molecule has 20 heavy (non-hydrogen) atoms. The van der Waals surface area contributed by atoms with Crippen molar-refractivity contribution in [3.8, 4) is 11.8 Å². The first-order valence-electron chi connectivity index (χ1n) is 6.08. The van der Waals surface area contributed by atoms with Gasteiger partial charge >= 0.3 is 5.92 Å². The molecule has 2 aromatic rings. The molecule has 100 valence electrons. The van der Waals surface area contributed by atoms with Gasteiger partial charge in [0.1, 0.15) is 0 Å². The first-order valence-corrected chi connectivity index (χ1v) is 6.87. The average Bonchev–Trinajstić information content (AvgIpc) is 2.68. The Labute approximate surface area is 124 Å². The number of rotatable bonds is 0. The second-order valence-corrected chi connectivity index (χ2v) is 5.44. The summed E-state index contributed by atoms with van der Waals surface area (Å²) in [7, 11) is 0. The third kappa shape index (κ3) is 2.30. The van der Waals surface area contributed by atoms with Crippen LogP contribution >= 0.6 is 15.9 Å². The lowest BCUT2D eigenvalue weighted by Gasteiger charge is -2.13. The molecule has 1 heterocycles. The maximum atomic E-state index is 14.3. The van der Waals surface area contributed by atoms with E-state index in [2.05, 4.69) is 33.1 Å². The van der Waals surface area contributed by atoms with Crippen molar-refractivity contribution in [3.05, 3.63) is 64.1 Å². The molecule has 1 nitrogen and oxygen atoms in total. The summed E-state index contributed by atoms with van der Waals surface area (Å²) in [6, 6.07) is 12.6. The van der Waals surface area contributed by atoms with E-state index in [-0.39, 0.29) is 5.56 Å². The van der Waals surface area contributed by atoms with Crippen LogP contribution in [0.4, 0.5) is 14.5 Å². The average molecular weight is 334 g/mol. The van der Waals surface area contributed by atoms with E-state index in [4.69, 9.17) is 0 Å². The van der Waals surface area contributed by atoms with Crippen molar-refractivity contribution in [2.45, 2.75) is 12.0 Å². The molecule has 0 saturated heterocycles. The molecule has 1 N–H and O–H groups in total. The van der Waals surface area contributed by atoms with Crippen molar-refractivity contribution in [2.75, 3.05) is 5.32 Å². The van der Waals surface area contributed by atoms with E-state index in [9.17, 15) is 8.78 Å². The number of fused-ring (bicyclic) bond motifs is 1. The van der Waals surface area contributed by atoms with E-state index >= 15 is 0 Å². The fourth-order valence-electron chi connectivity index (χ4n) is 2.13. The van der Waals surface area contributed by atoms with Gasteiger partial charge in [0, 0.05) is 21.3 Å². The van der Waals surface area contributed by atoms with Gasteiger partial charge in [-0.3, -0.25) is 0 Å². The highest BCUT2D eigenvalue weighted by Gasteiger charge is 2.47. The summed E-state index contributed by atoms with van der Waals surface area (Å²) in [5, 5.41) is 2.78. The molecule has 1 aliphatic rings. The van der Waals surface area contributed by atoms with E-state index in [1.165, 1.54) is 6.07 Å². The Morgan fingerprint density at radius 1 is 1.10 bits per heavy atom. The zero-order valence-electron chi connectivity index (χ0n) is 10.3. The Morgan fingerprint density at radius 3 is 2.60 bits per heavy atom. The molecular weight excluding hydrogens is 324 g/mol. The number of anilines is 1. The largest absolute Gasteiger partial charge is 0.366 e. The summed E-state index contributed by atoms with van der Waals surface area (Å²) in [6.07, 6.45) is 0. The molecule has 0 aromatic heterocycles. The Bertz CT molecular complexity index is 701. The summed E-state index contributed by atoms with van der Waals surface area (Å²) in [5.74, 6) is 2.43. The zero-order chi connectivity index (χ0) is 14.2. The minimum Gasteiger partial charge on any atom is -0.366 e. The van der Waals surface area contributed by atoms with Crippen molar-refractivity contribution in [1.82, 2.24) is 0 Å². The molecule has 1 unspecified atom stereocenters.